The van der Waals surface area contributed by atoms with Gasteiger partial charge in [-0.25, -0.2) is 9.78 Å². The Labute approximate surface area is 128 Å². The predicted molar refractivity (Wildman–Crippen MR) is 82.0 cm³/mol. The minimum Gasteiger partial charge on any atom is -0.487 e. The Morgan fingerprint density at radius 1 is 1.18 bits per heavy atom. The van der Waals surface area contributed by atoms with Crippen LogP contribution in [0.2, 0.25) is 0 Å². The Bertz CT molecular complexity index is 806. The second-order valence-corrected chi connectivity index (χ2v) is 4.95. The number of aromatic nitrogens is 2. The van der Waals surface area contributed by atoms with E-state index in [1.54, 1.807) is 22.7 Å². The fourth-order valence-electron chi connectivity index (χ4n) is 2.26. The van der Waals surface area contributed by atoms with Crippen LogP contribution in [0.25, 0.3) is 5.65 Å². The lowest BCUT2D eigenvalue weighted by atomic mass is 10.2. The van der Waals surface area contributed by atoms with Crippen molar-refractivity contribution >= 4 is 11.6 Å². The number of carbonyl (C=O) groups excluding carboxylic acids is 1. The van der Waals surface area contributed by atoms with Crippen molar-refractivity contribution in [2.45, 2.75) is 13.5 Å². The average molecular weight is 296 g/mol. The molecule has 0 aliphatic rings. The van der Waals surface area contributed by atoms with Gasteiger partial charge < -0.3 is 9.47 Å². The molecule has 0 bridgehead atoms. The molecule has 0 N–H and O–H groups in total. The third kappa shape index (κ3) is 2.65. The van der Waals surface area contributed by atoms with Gasteiger partial charge in [0.1, 0.15) is 23.7 Å². The number of pyridine rings is 1. The molecule has 1 aromatic carbocycles. The number of imidazole rings is 1. The number of methoxy groups -OCH3 is 1. The van der Waals surface area contributed by atoms with Gasteiger partial charge in [-0.3, -0.25) is 4.40 Å². The third-order valence-electron chi connectivity index (χ3n) is 3.40. The summed E-state index contributed by atoms with van der Waals surface area (Å²) in [5, 5.41) is 0. The summed E-state index contributed by atoms with van der Waals surface area (Å²) in [6, 6.07) is 13.1. The van der Waals surface area contributed by atoms with Crippen molar-refractivity contribution < 1.29 is 14.3 Å². The molecule has 3 rings (SSSR count). The highest BCUT2D eigenvalue weighted by atomic mass is 16.5. The number of esters is 1. The molecular weight excluding hydrogens is 280 g/mol. The summed E-state index contributed by atoms with van der Waals surface area (Å²) in [6.45, 7) is 2.34. The first kappa shape index (κ1) is 14.1. The fourth-order valence-corrected chi connectivity index (χ4v) is 2.26. The molecule has 0 fully saturated rings. The Morgan fingerprint density at radius 2 is 1.95 bits per heavy atom. The van der Waals surface area contributed by atoms with Gasteiger partial charge in [0.05, 0.1) is 19.0 Å². The van der Waals surface area contributed by atoms with E-state index >= 15 is 0 Å². The van der Waals surface area contributed by atoms with Gasteiger partial charge in [0.15, 0.2) is 0 Å². The number of rotatable bonds is 4. The number of ether oxygens (including phenoxy) is 2. The summed E-state index contributed by atoms with van der Waals surface area (Å²) in [6.07, 6.45) is 1.70. The zero-order valence-corrected chi connectivity index (χ0v) is 12.4. The number of benzene rings is 1. The van der Waals surface area contributed by atoms with Crippen molar-refractivity contribution in [3.8, 4) is 5.75 Å². The normalized spacial score (nSPS) is 10.6. The Kier molecular flexibility index (Phi) is 3.78. The van der Waals surface area contributed by atoms with E-state index in [4.69, 9.17) is 9.47 Å². The van der Waals surface area contributed by atoms with Crippen LogP contribution < -0.4 is 4.74 Å². The molecule has 2 aromatic heterocycles. The molecule has 22 heavy (non-hydrogen) atoms. The van der Waals surface area contributed by atoms with Crippen molar-refractivity contribution in [3.63, 3.8) is 0 Å². The summed E-state index contributed by atoms with van der Waals surface area (Å²) < 4.78 is 12.3. The third-order valence-corrected chi connectivity index (χ3v) is 3.40. The SMILES string of the molecule is COC(=O)c1cccc2ncc(COc3ccc(C)cc3)n12. The van der Waals surface area contributed by atoms with Crippen LogP contribution >= 0.6 is 0 Å². The highest BCUT2D eigenvalue weighted by Gasteiger charge is 2.14. The zero-order chi connectivity index (χ0) is 15.5. The summed E-state index contributed by atoms with van der Waals surface area (Å²) in [7, 11) is 1.36. The first-order chi connectivity index (χ1) is 10.7. The van der Waals surface area contributed by atoms with E-state index in [2.05, 4.69) is 4.98 Å². The Balaban J connectivity index is 1.90. The van der Waals surface area contributed by atoms with Crippen molar-refractivity contribution in [3.05, 3.63) is 65.6 Å². The zero-order valence-electron chi connectivity index (χ0n) is 12.4. The fraction of sp³-hybridized carbons (Fsp3) is 0.176. The van der Waals surface area contributed by atoms with E-state index < -0.39 is 5.97 Å². The number of fused-ring (bicyclic) bond motifs is 1. The molecule has 112 valence electrons. The highest BCUT2D eigenvalue weighted by Crippen LogP contribution is 2.16. The largest absolute Gasteiger partial charge is 0.487 e. The first-order valence-electron chi connectivity index (χ1n) is 6.92. The minimum atomic E-state index is -0.403. The molecule has 0 aliphatic carbocycles. The Morgan fingerprint density at radius 3 is 2.68 bits per heavy atom. The van der Waals surface area contributed by atoms with Crippen molar-refractivity contribution in [2.75, 3.05) is 7.11 Å². The van der Waals surface area contributed by atoms with Crippen LogP contribution in [0.4, 0.5) is 0 Å². The predicted octanol–water partition coefficient (Wildman–Crippen LogP) is 3.01. The van der Waals surface area contributed by atoms with Crippen molar-refractivity contribution in [1.29, 1.82) is 0 Å². The number of hydrogen-bond donors (Lipinski definition) is 0. The Hall–Kier alpha value is -2.82. The van der Waals surface area contributed by atoms with Gasteiger partial charge in [0, 0.05) is 0 Å². The monoisotopic (exact) mass is 296 g/mol. The molecule has 0 saturated carbocycles. The van der Waals surface area contributed by atoms with Crippen molar-refractivity contribution in [2.24, 2.45) is 0 Å². The van der Waals surface area contributed by atoms with Gasteiger partial charge in [0.2, 0.25) is 0 Å². The number of hydrogen-bond acceptors (Lipinski definition) is 4. The van der Waals surface area contributed by atoms with E-state index in [0.29, 0.717) is 17.9 Å². The van der Waals surface area contributed by atoms with E-state index in [9.17, 15) is 4.79 Å². The minimum absolute atomic E-state index is 0.318. The van der Waals surface area contributed by atoms with Crippen LogP contribution in [0.5, 0.6) is 5.75 Å². The summed E-state index contributed by atoms with van der Waals surface area (Å²) in [5.74, 6) is 0.372. The van der Waals surface area contributed by atoms with Gasteiger partial charge >= 0.3 is 5.97 Å². The van der Waals surface area contributed by atoms with Crippen LogP contribution in [-0.4, -0.2) is 22.5 Å². The molecule has 2 heterocycles. The molecule has 0 spiro atoms. The topological polar surface area (TPSA) is 52.8 Å². The smallest absolute Gasteiger partial charge is 0.355 e. The van der Waals surface area contributed by atoms with Gasteiger partial charge in [-0.15, -0.1) is 0 Å². The quantitative estimate of drug-likeness (QED) is 0.694. The summed E-state index contributed by atoms with van der Waals surface area (Å²) in [4.78, 5) is 16.2. The van der Waals surface area contributed by atoms with Crippen LogP contribution in [0, 0.1) is 6.92 Å². The molecule has 0 unspecified atom stereocenters. The lowest BCUT2D eigenvalue weighted by molar-refractivity contribution is 0.0591. The van der Waals surface area contributed by atoms with Gasteiger partial charge in [-0.05, 0) is 31.2 Å². The molecule has 3 aromatic rings. The maximum atomic E-state index is 11.9. The van der Waals surface area contributed by atoms with E-state index in [0.717, 1.165) is 11.4 Å². The molecular formula is C17H16N2O3. The van der Waals surface area contributed by atoms with Crippen molar-refractivity contribution in [1.82, 2.24) is 9.38 Å². The second-order valence-electron chi connectivity index (χ2n) is 4.95. The van der Waals surface area contributed by atoms with Crippen LogP contribution in [0.1, 0.15) is 21.7 Å². The van der Waals surface area contributed by atoms with E-state index in [-0.39, 0.29) is 0 Å². The van der Waals surface area contributed by atoms with Gasteiger partial charge in [-0.1, -0.05) is 23.8 Å². The lowest BCUT2D eigenvalue weighted by Crippen LogP contribution is -2.10. The maximum absolute atomic E-state index is 11.9. The average Bonchev–Trinajstić information content (AvgIpc) is 2.97. The molecule has 0 atom stereocenters. The number of nitrogens with zero attached hydrogens (tertiary/aromatic N) is 2. The maximum Gasteiger partial charge on any atom is 0.355 e. The second kappa shape index (κ2) is 5.89. The molecule has 5 nitrogen and oxygen atoms in total. The molecule has 0 amide bonds. The summed E-state index contributed by atoms with van der Waals surface area (Å²) >= 11 is 0. The van der Waals surface area contributed by atoms with Gasteiger partial charge in [0.25, 0.3) is 0 Å². The van der Waals surface area contributed by atoms with Crippen LogP contribution in [-0.2, 0) is 11.3 Å². The lowest BCUT2D eigenvalue weighted by Gasteiger charge is -2.09. The van der Waals surface area contributed by atoms with Crippen LogP contribution in [0.3, 0.4) is 0 Å². The molecule has 0 radical (unpaired) electrons. The number of aryl methyl sites for hydroxylation is 1. The van der Waals surface area contributed by atoms with Gasteiger partial charge in [-0.2, -0.15) is 0 Å². The molecule has 0 saturated heterocycles. The summed E-state index contributed by atoms with van der Waals surface area (Å²) in [5.41, 5.74) is 3.08. The first-order valence-corrected chi connectivity index (χ1v) is 6.92. The van der Waals surface area contributed by atoms with E-state index in [1.165, 1.54) is 12.7 Å². The molecule has 0 aliphatic heterocycles. The molecule has 5 heteroatoms. The standard InChI is InChI=1S/C17H16N2O3/c1-12-6-8-14(9-7-12)22-11-13-10-18-16-5-3-4-15(19(13)16)17(20)21-2/h3-10H,11H2,1-2H3. The number of carbonyl (C=O) groups is 1. The highest BCUT2D eigenvalue weighted by molar-refractivity contribution is 5.88. The van der Waals surface area contributed by atoms with E-state index in [1.807, 2.05) is 37.3 Å². The van der Waals surface area contributed by atoms with Crippen LogP contribution in [0.15, 0.2) is 48.7 Å².